The number of rotatable bonds is 6. The van der Waals surface area contributed by atoms with Gasteiger partial charge in [-0.15, -0.1) is 0 Å². The molecule has 3 aromatic carbocycles. The standard InChI is InChI=1S/C23H16BrCl2NO/c24-18-8-4-16(5-9-18)23(28)13-21(15-6-10-19(25)11-7-15)22(14-27)17-2-1-3-20(26)12-17/h1-12,21-22H,13H2/t21-,22-/m0/s1. The number of carbonyl (C=O) groups is 1. The number of carbonyl (C=O) groups excluding carboxylic acids is 1. The van der Waals surface area contributed by atoms with Gasteiger partial charge in [0.05, 0.1) is 12.0 Å². The van der Waals surface area contributed by atoms with Crippen LogP contribution in [-0.4, -0.2) is 5.78 Å². The molecule has 5 heteroatoms. The van der Waals surface area contributed by atoms with Crippen LogP contribution in [0.1, 0.15) is 39.7 Å². The number of nitriles is 1. The van der Waals surface area contributed by atoms with Crippen molar-refractivity contribution < 1.29 is 4.79 Å². The SMILES string of the molecule is N#C[C@@H](c1cccc(Cl)c1)[C@@H](CC(=O)c1ccc(Br)cc1)c1ccc(Cl)cc1. The third-order valence-corrected chi connectivity index (χ3v) is 5.63. The van der Waals surface area contributed by atoms with Gasteiger partial charge in [-0.2, -0.15) is 5.26 Å². The number of halogens is 3. The average Bonchev–Trinajstić information content (AvgIpc) is 2.69. The van der Waals surface area contributed by atoms with Crippen molar-refractivity contribution in [1.82, 2.24) is 0 Å². The van der Waals surface area contributed by atoms with E-state index >= 15 is 0 Å². The van der Waals surface area contributed by atoms with E-state index in [0.717, 1.165) is 15.6 Å². The first-order chi connectivity index (χ1) is 13.5. The van der Waals surface area contributed by atoms with Gasteiger partial charge >= 0.3 is 0 Å². The molecule has 0 fully saturated rings. The van der Waals surface area contributed by atoms with Crippen LogP contribution in [0.3, 0.4) is 0 Å². The normalized spacial score (nSPS) is 12.8. The Morgan fingerprint density at radius 1 is 0.929 bits per heavy atom. The van der Waals surface area contributed by atoms with Crippen molar-refractivity contribution in [1.29, 1.82) is 5.26 Å². The highest BCUT2D eigenvalue weighted by Crippen LogP contribution is 2.37. The van der Waals surface area contributed by atoms with E-state index < -0.39 is 5.92 Å². The minimum Gasteiger partial charge on any atom is -0.294 e. The van der Waals surface area contributed by atoms with Crippen molar-refractivity contribution in [3.8, 4) is 6.07 Å². The lowest BCUT2D eigenvalue weighted by atomic mass is 9.78. The van der Waals surface area contributed by atoms with Gasteiger partial charge in [-0.3, -0.25) is 4.79 Å². The summed E-state index contributed by atoms with van der Waals surface area (Å²) in [7, 11) is 0. The first-order valence-electron chi connectivity index (χ1n) is 8.67. The highest BCUT2D eigenvalue weighted by molar-refractivity contribution is 9.10. The summed E-state index contributed by atoms with van der Waals surface area (Å²) in [6.07, 6.45) is 0.202. The zero-order chi connectivity index (χ0) is 20.1. The Hall–Kier alpha value is -2.12. The Morgan fingerprint density at radius 2 is 1.61 bits per heavy atom. The lowest BCUT2D eigenvalue weighted by Crippen LogP contribution is -2.15. The van der Waals surface area contributed by atoms with E-state index in [9.17, 15) is 10.1 Å². The van der Waals surface area contributed by atoms with Crippen LogP contribution in [0.2, 0.25) is 10.0 Å². The molecule has 0 amide bonds. The van der Waals surface area contributed by atoms with Crippen LogP contribution in [0.4, 0.5) is 0 Å². The predicted molar refractivity (Wildman–Crippen MR) is 117 cm³/mol. The number of hydrogen-bond donors (Lipinski definition) is 0. The molecule has 28 heavy (non-hydrogen) atoms. The fourth-order valence-electron chi connectivity index (χ4n) is 3.19. The molecule has 0 bridgehead atoms. The van der Waals surface area contributed by atoms with Gasteiger partial charge in [0.1, 0.15) is 0 Å². The monoisotopic (exact) mass is 471 g/mol. The van der Waals surface area contributed by atoms with E-state index in [1.54, 1.807) is 36.4 Å². The van der Waals surface area contributed by atoms with Crippen molar-refractivity contribution in [2.45, 2.75) is 18.3 Å². The van der Waals surface area contributed by atoms with E-state index in [1.165, 1.54) is 0 Å². The van der Waals surface area contributed by atoms with E-state index in [1.807, 2.05) is 36.4 Å². The minimum absolute atomic E-state index is 0.0188. The van der Waals surface area contributed by atoms with E-state index in [0.29, 0.717) is 15.6 Å². The highest BCUT2D eigenvalue weighted by Gasteiger charge is 2.28. The Labute approximate surface area is 182 Å². The predicted octanol–water partition coefficient (Wildman–Crippen LogP) is 7.42. The fourth-order valence-corrected chi connectivity index (χ4v) is 3.78. The molecule has 0 saturated heterocycles. The average molecular weight is 473 g/mol. The van der Waals surface area contributed by atoms with Crippen molar-refractivity contribution in [3.05, 3.63) is 104 Å². The molecule has 140 valence electrons. The van der Waals surface area contributed by atoms with Crippen LogP contribution < -0.4 is 0 Å². The molecule has 0 radical (unpaired) electrons. The number of benzene rings is 3. The van der Waals surface area contributed by atoms with Gasteiger partial charge in [0.2, 0.25) is 0 Å². The van der Waals surface area contributed by atoms with Crippen molar-refractivity contribution in [3.63, 3.8) is 0 Å². The first-order valence-corrected chi connectivity index (χ1v) is 10.2. The van der Waals surface area contributed by atoms with Gasteiger partial charge in [0.25, 0.3) is 0 Å². The second kappa shape index (κ2) is 9.39. The van der Waals surface area contributed by atoms with Crippen LogP contribution in [0, 0.1) is 11.3 Å². The van der Waals surface area contributed by atoms with Gasteiger partial charge in [0, 0.05) is 32.4 Å². The molecule has 2 atom stereocenters. The maximum Gasteiger partial charge on any atom is 0.163 e. The van der Waals surface area contributed by atoms with Gasteiger partial charge in [-0.05, 0) is 47.5 Å². The molecule has 3 rings (SSSR count). The Morgan fingerprint density at radius 3 is 2.21 bits per heavy atom. The third kappa shape index (κ3) is 5.02. The molecule has 0 unspecified atom stereocenters. The third-order valence-electron chi connectivity index (χ3n) is 4.62. The highest BCUT2D eigenvalue weighted by atomic mass is 79.9. The minimum atomic E-state index is -0.515. The zero-order valence-corrected chi connectivity index (χ0v) is 17.9. The number of Topliss-reactive ketones (excluding diaryl/α,β-unsaturated/α-hetero) is 1. The molecule has 2 nitrogen and oxygen atoms in total. The summed E-state index contributed by atoms with van der Waals surface area (Å²) in [5, 5.41) is 11.1. The summed E-state index contributed by atoms with van der Waals surface area (Å²) < 4.78 is 0.909. The number of nitrogens with zero attached hydrogens (tertiary/aromatic N) is 1. The van der Waals surface area contributed by atoms with Gasteiger partial charge in [0.15, 0.2) is 5.78 Å². The van der Waals surface area contributed by atoms with E-state index in [4.69, 9.17) is 23.2 Å². The molecule has 0 aliphatic heterocycles. The van der Waals surface area contributed by atoms with Gasteiger partial charge in [-0.1, -0.05) is 75.5 Å². The molecule has 0 aromatic heterocycles. The first kappa shape index (κ1) is 20.6. The molecule has 0 aliphatic carbocycles. The topological polar surface area (TPSA) is 40.9 Å². The largest absolute Gasteiger partial charge is 0.294 e. The van der Waals surface area contributed by atoms with Crippen LogP contribution in [-0.2, 0) is 0 Å². The van der Waals surface area contributed by atoms with Crippen LogP contribution in [0.25, 0.3) is 0 Å². The summed E-state index contributed by atoms with van der Waals surface area (Å²) in [6.45, 7) is 0. The lowest BCUT2D eigenvalue weighted by molar-refractivity contribution is 0.0971. The van der Waals surface area contributed by atoms with Crippen molar-refractivity contribution in [2.24, 2.45) is 0 Å². The molecule has 0 heterocycles. The van der Waals surface area contributed by atoms with Crippen molar-refractivity contribution >= 4 is 44.9 Å². The van der Waals surface area contributed by atoms with Gasteiger partial charge in [-0.25, -0.2) is 0 Å². The molecular weight excluding hydrogens is 457 g/mol. The summed E-state index contributed by atoms with van der Waals surface area (Å²) in [5.74, 6) is -0.856. The van der Waals surface area contributed by atoms with E-state index in [-0.39, 0.29) is 18.1 Å². The molecule has 0 N–H and O–H groups in total. The molecule has 0 spiro atoms. The number of hydrogen-bond acceptors (Lipinski definition) is 2. The summed E-state index contributed by atoms with van der Waals surface area (Å²) in [4.78, 5) is 12.9. The Kier molecular flexibility index (Phi) is 6.91. The molecule has 0 aliphatic rings. The van der Waals surface area contributed by atoms with Crippen LogP contribution in [0.5, 0.6) is 0 Å². The Bertz CT molecular complexity index is 1010. The fraction of sp³-hybridized carbons (Fsp3) is 0.130. The number of ketones is 1. The maximum atomic E-state index is 12.9. The van der Waals surface area contributed by atoms with Crippen LogP contribution in [0.15, 0.2) is 77.3 Å². The van der Waals surface area contributed by atoms with Gasteiger partial charge < -0.3 is 0 Å². The second-order valence-corrected chi connectivity index (χ2v) is 8.24. The summed E-state index contributed by atoms with van der Waals surface area (Å²) >= 11 is 15.5. The zero-order valence-electron chi connectivity index (χ0n) is 14.8. The summed E-state index contributed by atoms with van der Waals surface area (Å²) in [5.41, 5.74) is 2.30. The van der Waals surface area contributed by atoms with Crippen LogP contribution >= 0.6 is 39.1 Å². The maximum absolute atomic E-state index is 12.9. The van der Waals surface area contributed by atoms with Crippen molar-refractivity contribution in [2.75, 3.05) is 0 Å². The van der Waals surface area contributed by atoms with E-state index in [2.05, 4.69) is 22.0 Å². The molecular formula is C23H16BrCl2NO. The smallest absolute Gasteiger partial charge is 0.163 e. The lowest BCUT2D eigenvalue weighted by Gasteiger charge is -2.23. The Balaban J connectivity index is 1.99. The summed E-state index contributed by atoms with van der Waals surface area (Å²) in [6, 6.07) is 24.1. The molecule has 0 saturated carbocycles. The quantitative estimate of drug-likeness (QED) is 0.350. The molecule has 3 aromatic rings. The second-order valence-electron chi connectivity index (χ2n) is 6.45.